The minimum Gasteiger partial charge on any atom is -0.756 e. The summed E-state index contributed by atoms with van der Waals surface area (Å²) >= 11 is 0. The first-order valence-electron chi connectivity index (χ1n) is 6.46. The van der Waals surface area contributed by atoms with E-state index in [1.165, 1.54) is 0 Å². The van der Waals surface area contributed by atoms with Crippen LogP contribution in [-0.2, 0) is 9.09 Å². The largest absolute Gasteiger partial charge is 2.00 e. The molecule has 0 aliphatic heterocycles. The van der Waals surface area contributed by atoms with E-state index in [9.17, 15) is 9.46 Å². The average Bonchev–Trinajstić information content (AvgIpc) is 2.56. The number of aliphatic hydroxyl groups is 8. The molecule has 0 spiro atoms. The van der Waals surface area contributed by atoms with Gasteiger partial charge in [-0.25, -0.2) is 0 Å². The van der Waals surface area contributed by atoms with Gasteiger partial charge < -0.3 is 70.5 Å². The van der Waals surface area contributed by atoms with Crippen LogP contribution in [0.1, 0.15) is 0 Å². The van der Waals surface area contributed by atoms with Gasteiger partial charge in [-0.3, -0.25) is 4.57 Å². The molecule has 0 aromatic rings. The third-order valence-corrected chi connectivity index (χ3v) is 2.63. The first-order chi connectivity index (χ1) is 11.7. The third-order valence-electron chi connectivity index (χ3n) is 2.15. The number of hydrogen-bond acceptors (Lipinski definition) is 14. The zero-order chi connectivity index (χ0) is 21.5. The molecule has 0 aliphatic rings. The average molecular weight is 455 g/mol. The molecular formula is C9H22CaNO15P. The van der Waals surface area contributed by atoms with E-state index >= 15 is 0 Å². The Morgan fingerprint density at radius 1 is 0.889 bits per heavy atom. The van der Waals surface area contributed by atoms with Crippen LogP contribution >= 0.6 is 7.82 Å². The van der Waals surface area contributed by atoms with Crippen LogP contribution in [0, 0.1) is 15.3 Å². The van der Waals surface area contributed by atoms with E-state index in [1.54, 1.807) is 0 Å². The molecule has 0 aromatic heterocycles. The van der Waals surface area contributed by atoms with Gasteiger partial charge in [-0.1, -0.05) is 0 Å². The molecule has 0 heterocycles. The molecule has 0 aliphatic carbocycles. The van der Waals surface area contributed by atoms with Crippen molar-refractivity contribution >= 4 is 45.6 Å². The van der Waals surface area contributed by atoms with Crippen molar-refractivity contribution in [1.82, 2.24) is 0 Å². The molecule has 0 amide bonds. The van der Waals surface area contributed by atoms with Gasteiger partial charge in [0, 0.05) is 0 Å². The molecule has 16 nitrogen and oxygen atoms in total. The molecule has 0 saturated carbocycles. The van der Waals surface area contributed by atoms with Crippen molar-refractivity contribution in [1.29, 1.82) is 0 Å². The van der Waals surface area contributed by atoms with Crippen LogP contribution < -0.4 is 4.89 Å². The Kier molecular flexibility index (Phi) is 25.2. The number of phosphoric ester groups is 1. The molecule has 27 heavy (non-hydrogen) atoms. The Balaban J connectivity index is -0.000000160. The topological polar surface area (TPSA) is 298 Å². The molecule has 0 aromatic carbocycles. The second-order valence-corrected chi connectivity index (χ2v) is 5.50. The Labute approximate surface area is 182 Å². The first kappa shape index (κ1) is 34.7. The maximum absolute atomic E-state index is 9.82. The standard InChI is InChI=1S/C6H14O6.C3H9O6P.Ca.NO3/c7-1-3(9)5(11)6(12)4(10)2-8;4-1-3(5)2-9-10(6,7)8;;2-1(3)4/h3-12H,1-2H2;3-5H,1-2H2,(H2,6,7,8);;/q;;+2;-1/p-1/t3-,4-,5-,6-;;;/m1.../s1. The third kappa shape index (κ3) is 26.2. The number of hydrogen-bond donors (Lipinski definition) is 9. The van der Waals surface area contributed by atoms with Crippen molar-refractivity contribution in [3.63, 3.8) is 0 Å². The fourth-order valence-electron chi connectivity index (χ4n) is 0.904. The minimum absolute atomic E-state index is 0. The van der Waals surface area contributed by atoms with Crippen molar-refractivity contribution < 1.29 is 64.8 Å². The van der Waals surface area contributed by atoms with Crippen molar-refractivity contribution in [3.8, 4) is 0 Å². The van der Waals surface area contributed by atoms with Crippen LogP contribution in [0.15, 0.2) is 0 Å². The summed E-state index contributed by atoms with van der Waals surface area (Å²) in [6, 6.07) is 0. The predicted molar refractivity (Wildman–Crippen MR) is 83.2 cm³/mol. The predicted octanol–water partition coefficient (Wildman–Crippen LogP) is -6.39. The normalized spacial score (nSPS) is 17.9. The van der Waals surface area contributed by atoms with Crippen molar-refractivity contribution in [2.75, 3.05) is 26.4 Å². The van der Waals surface area contributed by atoms with Gasteiger partial charge in [0.05, 0.1) is 31.5 Å². The Bertz CT molecular complexity index is 379. The summed E-state index contributed by atoms with van der Waals surface area (Å²) in [5.41, 5.74) is 0. The van der Waals surface area contributed by atoms with Gasteiger partial charge in [0.2, 0.25) is 0 Å². The van der Waals surface area contributed by atoms with Gasteiger partial charge in [0.15, 0.2) is 0 Å². The quantitative estimate of drug-likeness (QED) is 0.0675. The Morgan fingerprint density at radius 2 is 1.19 bits per heavy atom. The number of nitrogens with zero attached hydrogens (tertiary/aromatic N) is 1. The van der Waals surface area contributed by atoms with Crippen LogP contribution in [0.2, 0.25) is 0 Å². The summed E-state index contributed by atoms with van der Waals surface area (Å²) in [4.78, 5) is 26.0. The van der Waals surface area contributed by atoms with E-state index < -0.39 is 69.9 Å². The van der Waals surface area contributed by atoms with E-state index in [-0.39, 0.29) is 37.7 Å². The SMILES string of the molecule is O=P([O-])(O)OCC(O)CO.O=[N+]([O-])[O-].OC[C@@H](O)[C@@H](O)[C@H](O)[C@H](O)CO.[Ca+2]. The Hall–Kier alpha value is 0.250. The van der Waals surface area contributed by atoms with Gasteiger partial charge in [-0.2, -0.15) is 0 Å². The van der Waals surface area contributed by atoms with E-state index in [2.05, 4.69) is 4.52 Å². The van der Waals surface area contributed by atoms with Gasteiger partial charge in [0.1, 0.15) is 30.5 Å². The van der Waals surface area contributed by atoms with E-state index in [4.69, 9.17) is 61.1 Å². The second-order valence-electron chi connectivity index (χ2n) is 4.31. The van der Waals surface area contributed by atoms with Gasteiger partial charge in [-0.05, 0) is 0 Å². The molecule has 18 heteroatoms. The summed E-state index contributed by atoms with van der Waals surface area (Å²) in [7, 11) is -4.75. The monoisotopic (exact) mass is 455 g/mol. The fourth-order valence-corrected chi connectivity index (χ4v) is 1.26. The first-order valence-corrected chi connectivity index (χ1v) is 7.95. The second kappa shape index (κ2) is 19.6. The molecule has 0 saturated heterocycles. The molecule has 0 fully saturated rings. The maximum atomic E-state index is 9.82. The molecule has 9 N–H and O–H groups in total. The van der Waals surface area contributed by atoms with Crippen LogP contribution in [0.3, 0.4) is 0 Å². The zero-order valence-corrected chi connectivity index (χ0v) is 16.9. The summed E-state index contributed by atoms with van der Waals surface area (Å²) in [5.74, 6) is 0. The zero-order valence-electron chi connectivity index (χ0n) is 13.8. The smallest absolute Gasteiger partial charge is 0.756 e. The fraction of sp³-hybridized carbons (Fsp3) is 1.00. The van der Waals surface area contributed by atoms with Gasteiger partial charge in [0.25, 0.3) is 7.82 Å². The van der Waals surface area contributed by atoms with Crippen molar-refractivity contribution in [2.45, 2.75) is 30.5 Å². The maximum Gasteiger partial charge on any atom is 2.00 e. The molecular weight excluding hydrogens is 433 g/mol. The summed E-state index contributed by atoms with van der Waals surface area (Å²) < 4.78 is 13.5. The summed E-state index contributed by atoms with van der Waals surface area (Å²) in [5, 5.41) is 83.5. The molecule has 0 bridgehead atoms. The van der Waals surface area contributed by atoms with Crippen molar-refractivity contribution in [3.05, 3.63) is 15.3 Å². The number of rotatable bonds is 9. The molecule has 160 valence electrons. The van der Waals surface area contributed by atoms with Crippen LogP contribution in [0.25, 0.3) is 0 Å². The van der Waals surface area contributed by atoms with E-state index in [0.29, 0.717) is 0 Å². The number of aliphatic hydroxyl groups excluding tert-OH is 8. The Morgan fingerprint density at radius 3 is 1.37 bits per heavy atom. The van der Waals surface area contributed by atoms with Crippen LogP contribution in [-0.4, -0.2) is 146 Å². The van der Waals surface area contributed by atoms with Crippen LogP contribution in [0.5, 0.6) is 0 Å². The summed E-state index contributed by atoms with van der Waals surface area (Å²) in [6.07, 6.45) is -7.67. The molecule has 0 rings (SSSR count). The van der Waals surface area contributed by atoms with Crippen molar-refractivity contribution in [2.24, 2.45) is 0 Å². The van der Waals surface area contributed by atoms with E-state index in [0.717, 1.165) is 0 Å². The molecule has 0 radical (unpaired) electrons. The minimum atomic E-state index is -4.75. The summed E-state index contributed by atoms with van der Waals surface area (Å²) in [6.45, 7) is -2.69. The van der Waals surface area contributed by atoms with Crippen LogP contribution in [0.4, 0.5) is 0 Å². The van der Waals surface area contributed by atoms with Gasteiger partial charge >= 0.3 is 37.7 Å². The van der Waals surface area contributed by atoms with Gasteiger partial charge in [-0.15, -0.1) is 0 Å². The molecule has 6 atom stereocenters. The molecule has 2 unspecified atom stereocenters. The van der Waals surface area contributed by atoms with E-state index in [1.807, 2.05) is 0 Å². The number of phosphoric acid groups is 1.